The monoisotopic (exact) mass is 266 g/mol. The molecular weight excluding hydrogens is 240 g/mol. The van der Waals surface area contributed by atoms with E-state index < -0.39 is 0 Å². The van der Waals surface area contributed by atoms with Gasteiger partial charge in [0.25, 0.3) is 0 Å². The van der Waals surface area contributed by atoms with Gasteiger partial charge in [-0.2, -0.15) is 0 Å². The van der Waals surface area contributed by atoms with E-state index in [2.05, 4.69) is 55.4 Å². The summed E-state index contributed by atoms with van der Waals surface area (Å²) in [4.78, 5) is 4.12. The predicted octanol–water partition coefficient (Wildman–Crippen LogP) is 3.35. The Morgan fingerprint density at radius 3 is 2.89 bits per heavy atom. The highest BCUT2D eigenvalue weighted by Gasteiger charge is 2.33. The second-order valence-electron chi connectivity index (χ2n) is 6.48. The van der Waals surface area contributed by atoms with Crippen molar-refractivity contribution >= 4 is 11.3 Å². The van der Waals surface area contributed by atoms with E-state index in [1.165, 1.54) is 17.8 Å². The highest BCUT2D eigenvalue weighted by Crippen LogP contribution is 2.24. The molecule has 0 aromatic carbocycles. The lowest BCUT2D eigenvalue weighted by atomic mass is 9.93. The lowest BCUT2D eigenvalue weighted by molar-refractivity contribution is 0.0545. The summed E-state index contributed by atoms with van der Waals surface area (Å²) in [7, 11) is 0. The molecule has 1 fully saturated rings. The van der Waals surface area contributed by atoms with Gasteiger partial charge in [0.2, 0.25) is 0 Å². The van der Waals surface area contributed by atoms with E-state index in [-0.39, 0.29) is 5.54 Å². The number of rotatable bonds is 4. The molecule has 1 aliphatic rings. The first-order valence-corrected chi connectivity index (χ1v) is 7.86. The first kappa shape index (κ1) is 14.0. The van der Waals surface area contributed by atoms with Crippen LogP contribution >= 0.6 is 11.3 Å². The summed E-state index contributed by atoms with van der Waals surface area (Å²) in [6.45, 7) is 12.7. The number of thiophene rings is 1. The van der Waals surface area contributed by atoms with Crippen LogP contribution in [0.3, 0.4) is 0 Å². The average molecular weight is 266 g/mol. The van der Waals surface area contributed by atoms with Gasteiger partial charge in [-0.25, -0.2) is 0 Å². The molecule has 2 rings (SSSR count). The van der Waals surface area contributed by atoms with Crippen molar-refractivity contribution in [2.75, 3.05) is 13.1 Å². The van der Waals surface area contributed by atoms with E-state index in [0.29, 0.717) is 6.04 Å². The van der Waals surface area contributed by atoms with Gasteiger partial charge >= 0.3 is 0 Å². The molecule has 18 heavy (non-hydrogen) atoms. The van der Waals surface area contributed by atoms with Crippen LogP contribution < -0.4 is 5.32 Å². The molecule has 2 heterocycles. The number of hydrogen-bond acceptors (Lipinski definition) is 3. The molecule has 0 saturated carbocycles. The molecule has 0 aliphatic carbocycles. The van der Waals surface area contributed by atoms with Gasteiger partial charge in [-0.1, -0.05) is 19.9 Å². The molecule has 0 amide bonds. The minimum Gasteiger partial charge on any atom is -0.311 e. The maximum Gasteiger partial charge on any atom is 0.0334 e. The van der Waals surface area contributed by atoms with Crippen LogP contribution in [0.25, 0.3) is 0 Å². The van der Waals surface area contributed by atoms with Crippen LogP contribution in [0.15, 0.2) is 17.5 Å². The van der Waals surface area contributed by atoms with Gasteiger partial charge in [-0.3, -0.25) is 4.90 Å². The van der Waals surface area contributed by atoms with E-state index in [4.69, 9.17) is 0 Å². The Bertz CT molecular complexity index is 357. The highest BCUT2D eigenvalue weighted by atomic mass is 32.1. The van der Waals surface area contributed by atoms with E-state index in [9.17, 15) is 0 Å². The van der Waals surface area contributed by atoms with Crippen LogP contribution in [-0.2, 0) is 6.54 Å². The highest BCUT2D eigenvalue weighted by molar-refractivity contribution is 7.09. The number of piperazine rings is 1. The Morgan fingerprint density at radius 2 is 2.28 bits per heavy atom. The molecule has 1 aromatic rings. The largest absolute Gasteiger partial charge is 0.311 e. The summed E-state index contributed by atoms with van der Waals surface area (Å²) in [6, 6.07) is 5.05. The van der Waals surface area contributed by atoms with E-state index >= 15 is 0 Å². The van der Waals surface area contributed by atoms with Crippen LogP contribution in [0, 0.1) is 5.92 Å². The zero-order valence-corrected chi connectivity index (χ0v) is 12.9. The predicted molar refractivity (Wildman–Crippen MR) is 80.1 cm³/mol. The summed E-state index contributed by atoms with van der Waals surface area (Å²) in [5.74, 6) is 0.771. The van der Waals surface area contributed by atoms with Gasteiger partial charge in [0.05, 0.1) is 0 Å². The van der Waals surface area contributed by atoms with Crippen molar-refractivity contribution in [2.45, 2.75) is 52.2 Å². The van der Waals surface area contributed by atoms with Crippen molar-refractivity contribution in [3.05, 3.63) is 22.4 Å². The van der Waals surface area contributed by atoms with Crippen molar-refractivity contribution in [2.24, 2.45) is 5.92 Å². The van der Waals surface area contributed by atoms with Crippen molar-refractivity contribution in [3.63, 3.8) is 0 Å². The molecule has 1 aromatic heterocycles. The molecule has 1 saturated heterocycles. The maximum absolute atomic E-state index is 3.71. The zero-order valence-electron chi connectivity index (χ0n) is 12.1. The molecule has 0 bridgehead atoms. The van der Waals surface area contributed by atoms with Gasteiger partial charge in [0.1, 0.15) is 0 Å². The fourth-order valence-electron chi connectivity index (χ4n) is 2.68. The number of nitrogens with zero attached hydrogens (tertiary/aromatic N) is 1. The third-order valence-corrected chi connectivity index (χ3v) is 4.66. The van der Waals surface area contributed by atoms with Crippen molar-refractivity contribution in [3.8, 4) is 0 Å². The van der Waals surface area contributed by atoms with Crippen LogP contribution in [-0.4, -0.2) is 29.6 Å². The Kier molecular flexibility index (Phi) is 4.46. The number of hydrogen-bond donors (Lipinski definition) is 1. The molecule has 102 valence electrons. The van der Waals surface area contributed by atoms with Gasteiger partial charge in [0.15, 0.2) is 0 Å². The molecule has 3 heteroatoms. The van der Waals surface area contributed by atoms with Crippen LogP contribution in [0.4, 0.5) is 0 Å². The lowest BCUT2D eigenvalue weighted by Crippen LogP contribution is -2.61. The Balaban J connectivity index is 1.99. The fourth-order valence-corrected chi connectivity index (χ4v) is 3.40. The van der Waals surface area contributed by atoms with Gasteiger partial charge in [-0.05, 0) is 37.6 Å². The first-order valence-electron chi connectivity index (χ1n) is 6.98. The van der Waals surface area contributed by atoms with Crippen molar-refractivity contribution in [1.82, 2.24) is 10.2 Å². The van der Waals surface area contributed by atoms with Gasteiger partial charge in [0, 0.05) is 36.1 Å². The minimum absolute atomic E-state index is 0.261. The van der Waals surface area contributed by atoms with Crippen molar-refractivity contribution < 1.29 is 0 Å². The zero-order chi connectivity index (χ0) is 13.2. The second-order valence-corrected chi connectivity index (χ2v) is 7.51. The second kappa shape index (κ2) is 5.72. The van der Waals surface area contributed by atoms with Crippen LogP contribution in [0.5, 0.6) is 0 Å². The molecule has 0 radical (unpaired) electrons. The SMILES string of the molecule is CC(C)CC1CN(Cc2cccs2)C(C)(C)CN1. The van der Waals surface area contributed by atoms with Crippen molar-refractivity contribution in [1.29, 1.82) is 0 Å². The summed E-state index contributed by atoms with van der Waals surface area (Å²) in [6.07, 6.45) is 1.27. The fraction of sp³-hybridized carbons (Fsp3) is 0.733. The molecular formula is C15H26N2S. The van der Waals surface area contributed by atoms with E-state index in [0.717, 1.165) is 19.0 Å². The van der Waals surface area contributed by atoms with Gasteiger partial charge in [-0.15, -0.1) is 11.3 Å². The third kappa shape index (κ3) is 3.56. The Labute approximate surface area is 115 Å². The van der Waals surface area contributed by atoms with Crippen LogP contribution in [0.2, 0.25) is 0 Å². The van der Waals surface area contributed by atoms with E-state index in [1.54, 1.807) is 0 Å². The molecule has 1 N–H and O–H groups in total. The quantitative estimate of drug-likeness (QED) is 0.899. The molecule has 2 nitrogen and oxygen atoms in total. The van der Waals surface area contributed by atoms with Crippen LogP contribution in [0.1, 0.15) is 39.0 Å². The molecule has 1 aliphatic heterocycles. The average Bonchev–Trinajstić information content (AvgIpc) is 2.75. The first-order chi connectivity index (χ1) is 8.47. The summed E-state index contributed by atoms with van der Waals surface area (Å²) in [5, 5.41) is 5.89. The topological polar surface area (TPSA) is 15.3 Å². The normalized spacial score (nSPS) is 24.6. The summed E-state index contributed by atoms with van der Waals surface area (Å²) in [5.41, 5.74) is 0.261. The molecule has 1 atom stereocenters. The minimum atomic E-state index is 0.261. The Morgan fingerprint density at radius 1 is 1.50 bits per heavy atom. The van der Waals surface area contributed by atoms with Gasteiger partial charge < -0.3 is 5.32 Å². The molecule has 1 unspecified atom stereocenters. The third-order valence-electron chi connectivity index (χ3n) is 3.80. The Hall–Kier alpha value is -0.380. The summed E-state index contributed by atoms with van der Waals surface area (Å²) < 4.78 is 0. The van der Waals surface area contributed by atoms with E-state index in [1.807, 2.05) is 11.3 Å². The lowest BCUT2D eigenvalue weighted by Gasteiger charge is -2.46. The summed E-state index contributed by atoms with van der Waals surface area (Å²) >= 11 is 1.87. The smallest absolute Gasteiger partial charge is 0.0334 e. The molecule has 0 spiro atoms. The number of nitrogens with one attached hydrogen (secondary N) is 1. The maximum atomic E-state index is 3.71. The standard InChI is InChI=1S/C15H26N2S/c1-12(2)8-13-9-17(15(3,4)11-16-13)10-14-6-5-7-18-14/h5-7,12-13,16H,8-11H2,1-4H3.